The molecule has 1 atom stereocenters. The number of fused-ring (bicyclic) bond motifs is 1. The molecule has 1 aliphatic rings. The van der Waals surface area contributed by atoms with E-state index < -0.39 is 7.80 Å². The lowest BCUT2D eigenvalue weighted by Crippen LogP contribution is -2.12. The van der Waals surface area contributed by atoms with E-state index in [2.05, 4.69) is 6.07 Å². The van der Waals surface area contributed by atoms with Gasteiger partial charge in [-0.3, -0.25) is 0 Å². The number of hydrogen-bond acceptors (Lipinski definition) is 1. The summed E-state index contributed by atoms with van der Waals surface area (Å²) < 4.78 is 11.5. The fraction of sp³-hybridized carbons (Fsp3) is 0.333. The van der Waals surface area contributed by atoms with Gasteiger partial charge in [0.1, 0.15) is 7.80 Å². The Bertz CT molecular complexity index is 293. The summed E-state index contributed by atoms with van der Waals surface area (Å²) in [5.74, 6) is 0. The number of aryl methyl sites for hydroxylation is 1. The van der Waals surface area contributed by atoms with Gasteiger partial charge in [0.15, 0.2) is 0 Å². The fourth-order valence-corrected chi connectivity index (χ4v) is 3.20. The van der Waals surface area contributed by atoms with Crippen LogP contribution in [0.2, 0.25) is 0 Å². The van der Waals surface area contributed by atoms with Gasteiger partial charge >= 0.3 is 0 Å². The lowest BCUT2D eigenvalue weighted by molar-refractivity contribution is 0.590. The highest BCUT2D eigenvalue weighted by Crippen LogP contribution is 2.28. The summed E-state index contributed by atoms with van der Waals surface area (Å²) in [6.07, 6.45) is 3.14. The van der Waals surface area contributed by atoms with Crippen molar-refractivity contribution in [2.24, 2.45) is 0 Å². The molecular weight excluding hydrogens is 155 g/mol. The highest BCUT2D eigenvalue weighted by molar-refractivity contribution is 7.53. The maximum Gasteiger partial charge on any atom is 0.104 e. The Morgan fingerprint density at radius 3 is 2.91 bits per heavy atom. The first kappa shape index (κ1) is 7.12. The van der Waals surface area contributed by atoms with Crippen LogP contribution in [-0.2, 0) is 11.0 Å². The third kappa shape index (κ3) is 1.25. The van der Waals surface area contributed by atoms with Crippen LogP contribution in [0.1, 0.15) is 12.0 Å². The predicted molar refractivity (Wildman–Crippen MR) is 48.3 cm³/mol. The second kappa shape index (κ2) is 2.83. The Morgan fingerprint density at radius 1 is 1.27 bits per heavy atom. The normalized spacial score (nSPS) is 22.7. The molecular formula is C9H11OP. The summed E-state index contributed by atoms with van der Waals surface area (Å²) in [4.78, 5) is 0. The topological polar surface area (TPSA) is 17.1 Å². The van der Waals surface area contributed by atoms with Gasteiger partial charge in [0, 0.05) is 11.5 Å². The van der Waals surface area contributed by atoms with Crippen molar-refractivity contribution in [3.63, 3.8) is 0 Å². The zero-order valence-electron chi connectivity index (χ0n) is 6.34. The molecule has 0 saturated heterocycles. The Morgan fingerprint density at radius 2 is 2.09 bits per heavy atom. The van der Waals surface area contributed by atoms with E-state index in [9.17, 15) is 4.57 Å². The van der Waals surface area contributed by atoms with Crippen LogP contribution in [0.4, 0.5) is 0 Å². The van der Waals surface area contributed by atoms with Crippen molar-refractivity contribution < 1.29 is 4.57 Å². The lowest BCUT2D eigenvalue weighted by atomic mass is 10.1. The molecule has 1 nitrogen and oxygen atoms in total. The Hall–Kier alpha value is -0.550. The smallest absolute Gasteiger partial charge is 0.104 e. The molecule has 0 fully saturated rings. The lowest BCUT2D eigenvalue weighted by Gasteiger charge is -2.14. The van der Waals surface area contributed by atoms with E-state index >= 15 is 0 Å². The van der Waals surface area contributed by atoms with Crippen molar-refractivity contribution in [3.05, 3.63) is 29.8 Å². The average molecular weight is 166 g/mol. The van der Waals surface area contributed by atoms with Crippen LogP contribution in [-0.4, -0.2) is 6.16 Å². The Labute approximate surface area is 67.2 Å². The molecule has 0 saturated carbocycles. The van der Waals surface area contributed by atoms with Crippen LogP contribution in [0.25, 0.3) is 0 Å². The molecule has 2 heteroatoms. The van der Waals surface area contributed by atoms with E-state index in [1.807, 2.05) is 18.2 Å². The third-order valence-corrected chi connectivity index (χ3v) is 4.06. The molecule has 0 N–H and O–H groups in total. The fourth-order valence-electron chi connectivity index (χ4n) is 1.58. The third-order valence-electron chi connectivity index (χ3n) is 2.17. The molecule has 1 aromatic rings. The van der Waals surface area contributed by atoms with E-state index in [1.54, 1.807) is 0 Å². The molecule has 1 aliphatic heterocycles. The maximum atomic E-state index is 11.5. The van der Waals surface area contributed by atoms with Crippen LogP contribution in [0.5, 0.6) is 0 Å². The van der Waals surface area contributed by atoms with Crippen LogP contribution in [0.3, 0.4) is 0 Å². The van der Waals surface area contributed by atoms with Gasteiger partial charge in [-0.15, -0.1) is 0 Å². The molecule has 0 bridgehead atoms. The minimum absolute atomic E-state index is 0.918. The first-order chi connectivity index (χ1) is 5.38. The van der Waals surface area contributed by atoms with Crippen molar-refractivity contribution in [1.82, 2.24) is 0 Å². The molecule has 0 radical (unpaired) electrons. The minimum Gasteiger partial charge on any atom is -0.322 e. The summed E-state index contributed by atoms with van der Waals surface area (Å²) in [7, 11) is -1.40. The number of benzene rings is 1. The first-order valence-electron chi connectivity index (χ1n) is 3.99. The average Bonchev–Trinajstić information content (AvgIpc) is 2.06. The SMILES string of the molecule is O=[PH]1CCCc2ccccc21. The highest BCUT2D eigenvalue weighted by Gasteiger charge is 2.13. The Kier molecular flexibility index (Phi) is 1.83. The van der Waals surface area contributed by atoms with E-state index in [1.165, 1.54) is 5.56 Å². The molecule has 58 valence electrons. The molecule has 0 spiro atoms. The number of rotatable bonds is 0. The molecule has 1 unspecified atom stereocenters. The minimum atomic E-state index is -1.40. The monoisotopic (exact) mass is 166 g/mol. The van der Waals surface area contributed by atoms with Crippen molar-refractivity contribution in [2.75, 3.05) is 6.16 Å². The van der Waals surface area contributed by atoms with Crippen LogP contribution in [0.15, 0.2) is 24.3 Å². The molecule has 1 aromatic carbocycles. The number of hydrogen-bond donors (Lipinski definition) is 0. The van der Waals surface area contributed by atoms with Gasteiger partial charge in [-0.2, -0.15) is 0 Å². The van der Waals surface area contributed by atoms with E-state index in [-0.39, 0.29) is 0 Å². The second-order valence-electron chi connectivity index (χ2n) is 2.93. The molecule has 0 amide bonds. The van der Waals surface area contributed by atoms with Gasteiger partial charge in [-0.25, -0.2) is 0 Å². The van der Waals surface area contributed by atoms with Crippen molar-refractivity contribution in [1.29, 1.82) is 0 Å². The van der Waals surface area contributed by atoms with Crippen LogP contribution < -0.4 is 5.30 Å². The predicted octanol–water partition coefficient (Wildman–Crippen LogP) is 1.82. The van der Waals surface area contributed by atoms with E-state index in [0.717, 1.165) is 24.3 Å². The summed E-state index contributed by atoms with van der Waals surface area (Å²) in [5.41, 5.74) is 1.31. The Balaban J connectivity index is 2.52. The van der Waals surface area contributed by atoms with Crippen molar-refractivity contribution >= 4 is 13.1 Å². The standard InChI is InChI=1S/C9H11OP/c10-11-7-3-5-8-4-1-2-6-9(8)11/h1-2,4,6,11H,3,5,7H2. The van der Waals surface area contributed by atoms with Gasteiger partial charge in [0.25, 0.3) is 0 Å². The summed E-state index contributed by atoms with van der Waals surface area (Å²) in [6, 6.07) is 8.11. The van der Waals surface area contributed by atoms with Crippen molar-refractivity contribution in [3.8, 4) is 0 Å². The molecule has 0 aliphatic carbocycles. The second-order valence-corrected chi connectivity index (χ2v) is 4.82. The van der Waals surface area contributed by atoms with Gasteiger partial charge < -0.3 is 4.57 Å². The van der Waals surface area contributed by atoms with E-state index in [0.29, 0.717) is 0 Å². The van der Waals surface area contributed by atoms with Crippen LogP contribution >= 0.6 is 7.80 Å². The molecule has 1 heterocycles. The first-order valence-corrected chi connectivity index (χ1v) is 5.60. The van der Waals surface area contributed by atoms with Gasteiger partial charge in [-0.05, 0) is 18.4 Å². The largest absolute Gasteiger partial charge is 0.322 e. The summed E-state index contributed by atoms with van der Waals surface area (Å²) in [5, 5.41) is 1.13. The van der Waals surface area contributed by atoms with Crippen molar-refractivity contribution in [2.45, 2.75) is 12.8 Å². The highest BCUT2D eigenvalue weighted by atomic mass is 31.1. The molecule has 2 rings (SSSR count). The summed E-state index contributed by atoms with van der Waals surface area (Å²) >= 11 is 0. The zero-order valence-corrected chi connectivity index (χ0v) is 7.34. The maximum absolute atomic E-state index is 11.5. The summed E-state index contributed by atoms with van der Waals surface area (Å²) in [6.45, 7) is 0. The van der Waals surface area contributed by atoms with Gasteiger partial charge in [0.05, 0.1) is 0 Å². The quantitative estimate of drug-likeness (QED) is 0.537. The van der Waals surface area contributed by atoms with Gasteiger partial charge in [-0.1, -0.05) is 24.3 Å². The molecule has 11 heavy (non-hydrogen) atoms. The van der Waals surface area contributed by atoms with Crippen LogP contribution in [0, 0.1) is 0 Å². The zero-order chi connectivity index (χ0) is 7.68. The van der Waals surface area contributed by atoms with E-state index in [4.69, 9.17) is 0 Å². The molecule has 0 aromatic heterocycles. The van der Waals surface area contributed by atoms with Gasteiger partial charge in [0.2, 0.25) is 0 Å².